The highest BCUT2D eigenvalue weighted by molar-refractivity contribution is 5.79. The van der Waals surface area contributed by atoms with Gasteiger partial charge in [0.25, 0.3) is 0 Å². The molecule has 7 heteroatoms. The molecule has 0 aliphatic carbocycles. The summed E-state index contributed by atoms with van der Waals surface area (Å²) in [4.78, 5) is 6.30. The SMILES string of the molecule is CN=C(NCc1ccccc1OC(F)F)NCC(C)(C)CN(C)C. The van der Waals surface area contributed by atoms with Gasteiger partial charge < -0.3 is 20.3 Å². The number of para-hydroxylation sites is 1. The molecule has 0 aromatic heterocycles. The van der Waals surface area contributed by atoms with Crippen LogP contribution in [0.15, 0.2) is 29.3 Å². The molecule has 0 saturated carbocycles. The second-order valence-corrected chi connectivity index (χ2v) is 6.67. The number of nitrogens with one attached hydrogen (secondary N) is 2. The number of ether oxygens (including phenoxy) is 1. The van der Waals surface area contributed by atoms with Crippen molar-refractivity contribution in [2.75, 3.05) is 34.2 Å². The van der Waals surface area contributed by atoms with Gasteiger partial charge >= 0.3 is 6.61 Å². The van der Waals surface area contributed by atoms with Crippen LogP contribution in [-0.2, 0) is 6.54 Å². The lowest BCUT2D eigenvalue weighted by molar-refractivity contribution is -0.0504. The number of benzene rings is 1. The fourth-order valence-electron chi connectivity index (χ4n) is 2.50. The molecule has 0 atom stereocenters. The molecule has 136 valence electrons. The third kappa shape index (κ3) is 7.59. The summed E-state index contributed by atoms with van der Waals surface area (Å²) >= 11 is 0. The predicted octanol–water partition coefficient (Wildman–Crippen LogP) is 2.54. The highest BCUT2D eigenvalue weighted by atomic mass is 19.3. The topological polar surface area (TPSA) is 48.9 Å². The smallest absolute Gasteiger partial charge is 0.387 e. The summed E-state index contributed by atoms with van der Waals surface area (Å²) in [5, 5.41) is 6.39. The summed E-state index contributed by atoms with van der Waals surface area (Å²) in [5.74, 6) is 0.789. The van der Waals surface area contributed by atoms with Gasteiger partial charge in [0, 0.05) is 32.2 Å². The van der Waals surface area contributed by atoms with E-state index in [1.165, 1.54) is 6.07 Å². The minimum absolute atomic E-state index is 0.0673. The van der Waals surface area contributed by atoms with E-state index in [0.29, 0.717) is 18.1 Å². The van der Waals surface area contributed by atoms with Gasteiger partial charge in [0.15, 0.2) is 5.96 Å². The molecule has 2 N–H and O–H groups in total. The molecular formula is C17H28F2N4O. The molecule has 0 bridgehead atoms. The maximum absolute atomic E-state index is 12.4. The van der Waals surface area contributed by atoms with Crippen LogP contribution in [0.5, 0.6) is 5.75 Å². The number of hydrogen-bond acceptors (Lipinski definition) is 3. The molecule has 0 spiro atoms. The van der Waals surface area contributed by atoms with Crippen LogP contribution in [0.2, 0.25) is 0 Å². The van der Waals surface area contributed by atoms with Crippen LogP contribution in [0, 0.1) is 5.41 Å². The number of nitrogens with zero attached hydrogens (tertiary/aromatic N) is 2. The van der Waals surface area contributed by atoms with Gasteiger partial charge in [0.2, 0.25) is 0 Å². The van der Waals surface area contributed by atoms with Gasteiger partial charge in [-0.05, 0) is 25.6 Å². The summed E-state index contributed by atoms with van der Waals surface area (Å²) < 4.78 is 29.4. The first-order valence-electron chi connectivity index (χ1n) is 7.85. The van der Waals surface area contributed by atoms with Gasteiger partial charge in [-0.1, -0.05) is 32.0 Å². The van der Waals surface area contributed by atoms with Crippen molar-refractivity contribution < 1.29 is 13.5 Å². The summed E-state index contributed by atoms with van der Waals surface area (Å²) in [6, 6.07) is 6.72. The molecule has 0 radical (unpaired) electrons. The third-order valence-corrected chi connectivity index (χ3v) is 3.34. The number of guanidine groups is 1. The Balaban J connectivity index is 2.59. The van der Waals surface area contributed by atoms with E-state index in [0.717, 1.165) is 13.1 Å². The Morgan fingerprint density at radius 1 is 1.25 bits per heavy atom. The Bertz CT molecular complexity index is 533. The quantitative estimate of drug-likeness (QED) is 0.563. The van der Waals surface area contributed by atoms with Crippen molar-refractivity contribution in [2.24, 2.45) is 10.4 Å². The predicted molar refractivity (Wildman–Crippen MR) is 93.6 cm³/mol. The summed E-state index contributed by atoms with van der Waals surface area (Å²) in [6.07, 6.45) is 0. The molecule has 24 heavy (non-hydrogen) atoms. The van der Waals surface area contributed by atoms with Crippen molar-refractivity contribution >= 4 is 5.96 Å². The standard InChI is InChI=1S/C17H28F2N4O/c1-17(2,12-23(4)5)11-22-16(20-3)21-10-13-8-6-7-9-14(13)24-15(18)19/h6-9,15H,10-12H2,1-5H3,(H2,20,21,22). The van der Waals surface area contributed by atoms with E-state index in [1.807, 2.05) is 14.1 Å². The van der Waals surface area contributed by atoms with Gasteiger partial charge in [0.1, 0.15) is 5.75 Å². The van der Waals surface area contributed by atoms with E-state index < -0.39 is 6.61 Å². The lowest BCUT2D eigenvalue weighted by atomic mass is 9.93. The van der Waals surface area contributed by atoms with Crippen molar-refractivity contribution in [3.63, 3.8) is 0 Å². The first-order valence-corrected chi connectivity index (χ1v) is 7.85. The lowest BCUT2D eigenvalue weighted by Gasteiger charge is -2.29. The maximum atomic E-state index is 12.4. The second-order valence-electron chi connectivity index (χ2n) is 6.67. The monoisotopic (exact) mass is 342 g/mol. The van der Waals surface area contributed by atoms with Crippen LogP contribution in [0.1, 0.15) is 19.4 Å². The molecule has 0 saturated heterocycles. The van der Waals surface area contributed by atoms with Crippen LogP contribution in [0.25, 0.3) is 0 Å². The lowest BCUT2D eigenvalue weighted by Crippen LogP contribution is -2.44. The van der Waals surface area contributed by atoms with Crippen LogP contribution in [-0.4, -0.2) is 51.7 Å². The minimum atomic E-state index is -2.84. The summed E-state index contributed by atoms with van der Waals surface area (Å²) in [7, 11) is 5.75. The zero-order valence-electron chi connectivity index (χ0n) is 15.1. The molecule has 0 amide bonds. The van der Waals surface area contributed by atoms with E-state index in [2.05, 4.69) is 39.1 Å². The van der Waals surface area contributed by atoms with E-state index in [4.69, 9.17) is 0 Å². The van der Waals surface area contributed by atoms with Crippen molar-refractivity contribution in [3.8, 4) is 5.75 Å². The van der Waals surface area contributed by atoms with Crippen LogP contribution >= 0.6 is 0 Å². The number of rotatable bonds is 8. The van der Waals surface area contributed by atoms with Crippen molar-refractivity contribution in [2.45, 2.75) is 27.0 Å². The van der Waals surface area contributed by atoms with Crippen LogP contribution < -0.4 is 15.4 Å². The number of hydrogen-bond donors (Lipinski definition) is 2. The van der Waals surface area contributed by atoms with Gasteiger partial charge in [-0.2, -0.15) is 8.78 Å². The minimum Gasteiger partial charge on any atom is -0.434 e. The largest absolute Gasteiger partial charge is 0.434 e. The molecule has 0 fully saturated rings. The van der Waals surface area contributed by atoms with E-state index in [1.54, 1.807) is 25.2 Å². The van der Waals surface area contributed by atoms with Crippen molar-refractivity contribution in [3.05, 3.63) is 29.8 Å². The number of aliphatic imine (C=N–C) groups is 1. The molecule has 1 aromatic rings. The van der Waals surface area contributed by atoms with Crippen LogP contribution in [0.4, 0.5) is 8.78 Å². The first-order chi connectivity index (χ1) is 11.2. The van der Waals surface area contributed by atoms with Gasteiger partial charge in [-0.3, -0.25) is 4.99 Å². The van der Waals surface area contributed by atoms with Crippen LogP contribution in [0.3, 0.4) is 0 Å². The average molecular weight is 342 g/mol. The zero-order valence-corrected chi connectivity index (χ0v) is 15.1. The fraction of sp³-hybridized carbons (Fsp3) is 0.588. The average Bonchev–Trinajstić information content (AvgIpc) is 2.47. The third-order valence-electron chi connectivity index (χ3n) is 3.34. The molecule has 0 aliphatic heterocycles. The van der Waals surface area contributed by atoms with Crippen molar-refractivity contribution in [1.82, 2.24) is 15.5 Å². The first kappa shape index (κ1) is 20.2. The van der Waals surface area contributed by atoms with Gasteiger partial charge in [0.05, 0.1) is 0 Å². The second kappa shape index (κ2) is 9.42. The maximum Gasteiger partial charge on any atom is 0.387 e. The Kier molecular flexibility index (Phi) is 7.91. The zero-order chi connectivity index (χ0) is 18.2. The van der Waals surface area contributed by atoms with Crippen molar-refractivity contribution in [1.29, 1.82) is 0 Å². The Hall–Kier alpha value is -1.89. The van der Waals surface area contributed by atoms with E-state index >= 15 is 0 Å². The highest BCUT2D eigenvalue weighted by Gasteiger charge is 2.19. The van der Waals surface area contributed by atoms with E-state index in [-0.39, 0.29) is 11.2 Å². The Morgan fingerprint density at radius 3 is 2.50 bits per heavy atom. The molecule has 1 rings (SSSR count). The summed E-state index contributed by atoms with van der Waals surface area (Å²) in [6.45, 7) is 3.51. The normalized spacial score (nSPS) is 12.6. The molecule has 5 nitrogen and oxygen atoms in total. The van der Waals surface area contributed by atoms with Gasteiger partial charge in [-0.25, -0.2) is 0 Å². The number of alkyl halides is 2. The molecule has 1 aromatic carbocycles. The highest BCUT2D eigenvalue weighted by Crippen LogP contribution is 2.20. The fourth-order valence-corrected chi connectivity index (χ4v) is 2.50. The molecule has 0 aliphatic rings. The molecule has 0 heterocycles. The summed E-state index contributed by atoms with van der Waals surface area (Å²) in [5.41, 5.74) is 0.714. The number of halogens is 2. The molecule has 0 unspecified atom stereocenters. The molecular weight excluding hydrogens is 314 g/mol. The Morgan fingerprint density at radius 2 is 1.92 bits per heavy atom. The Labute approximate surface area is 143 Å². The van der Waals surface area contributed by atoms with Gasteiger partial charge in [-0.15, -0.1) is 0 Å². The van der Waals surface area contributed by atoms with E-state index in [9.17, 15) is 8.78 Å².